The Morgan fingerprint density at radius 1 is 1.19 bits per heavy atom. The van der Waals surface area contributed by atoms with Gasteiger partial charge in [0.2, 0.25) is 5.91 Å². The van der Waals surface area contributed by atoms with Crippen LogP contribution in [0.25, 0.3) is 0 Å². The van der Waals surface area contributed by atoms with Crippen molar-refractivity contribution in [3.63, 3.8) is 0 Å². The Morgan fingerprint density at radius 3 is 2.30 bits per heavy atom. The zero-order chi connectivity index (χ0) is 20.0. The number of benzene rings is 1. The molecule has 0 bridgehead atoms. The van der Waals surface area contributed by atoms with Crippen molar-refractivity contribution in [1.29, 1.82) is 0 Å². The third kappa shape index (κ3) is 6.86. The average molecular weight is 376 g/mol. The van der Waals surface area contributed by atoms with Crippen LogP contribution in [-0.4, -0.2) is 47.7 Å². The molecule has 1 aliphatic heterocycles. The van der Waals surface area contributed by atoms with Crippen molar-refractivity contribution in [2.24, 2.45) is 0 Å². The molecule has 1 heterocycles. The van der Waals surface area contributed by atoms with E-state index in [2.05, 4.69) is 22.5 Å². The number of hydrogen-bond donors (Lipinski definition) is 2. The van der Waals surface area contributed by atoms with Gasteiger partial charge >= 0.3 is 6.09 Å². The molecule has 1 atom stereocenters. The largest absolute Gasteiger partial charge is 0.444 e. The highest BCUT2D eigenvalue weighted by Gasteiger charge is 2.28. The Balaban J connectivity index is 1.78. The van der Waals surface area contributed by atoms with Gasteiger partial charge in [-0.3, -0.25) is 9.69 Å². The summed E-state index contributed by atoms with van der Waals surface area (Å²) in [5.41, 5.74) is 1.58. The zero-order valence-corrected chi connectivity index (χ0v) is 17.2. The van der Waals surface area contributed by atoms with Gasteiger partial charge in [-0.05, 0) is 64.7 Å². The standard InChI is InChI=1S/C21H33N3O3/c1-6-16-7-9-17(10-8-16)22-19(25)15(2)24-13-11-18(12-14-24)23-20(26)27-21(3,4)5/h7-10,15,18H,6,11-14H2,1-5H3,(H,22,25)(H,23,26). The molecule has 1 unspecified atom stereocenters. The number of aryl methyl sites for hydroxylation is 1. The molecule has 1 aromatic carbocycles. The van der Waals surface area contributed by atoms with Crippen LogP contribution >= 0.6 is 0 Å². The maximum atomic E-state index is 12.5. The van der Waals surface area contributed by atoms with Crippen molar-refractivity contribution in [1.82, 2.24) is 10.2 Å². The molecule has 6 heteroatoms. The monoisotopic (exact) mass is 375 g/mol. The number of likely N-dealkylation sites (tertiary alicyclic amines) is 1. The molecule has 1 aromatic rings. The fourth-order valence-corrected chi connectivity index (χ4v) is 3.14. The number of amides is 2. The number of carbonyl (C=O) groups is 2. The number of alkyl carbamates (subject to hydrolysis) is 1. The molecular weight excluding hydrogens is 342 g/mol. The van der Waals surface area contributed by atoms with E-state index in [1.165, 1.54) is 5.56 Å². The van der Waals surface area contributed by atoms with Gasteiger partial charge in [-0.1, -0.05) is 19.1 Å². The van der Waals surface area contributed by atoms with Crippen molar-refractivity contribution in [3.05, 3.63) is 29.8 Å². The first-order chi connectivity index (χ1) is 12.7. The third-order valence-corrected chi connectivity index (χ3v) is 4.81. The highest BCUT2D eigenvalue weighted by Crippen LogP contribution is 2.16. The molecule has 0 radical (unpaired) electrons. The van der Waals surface area contributed by atoms with E-state index in [4.69, 9.17) is 4.74 Å². The van der Waals surface area contributed by atoms with Crippen molar-refractivity contribution < 1.29 is 14.3 Å². The Morgan fingerprint density at radius 2 is 1.78 bits per heavy atom. The molecule has 150 valence electrons. The molecule has 6 nitrogen and oxygen atoms in total. The summed E-state index contributed by atoms with van der Waals surface area (Å²) >= 11 is 0. The average Bonchev–Trinajstić information content (AvgIpc) is 2.60. The van der Waals surface area contributed by atoms with Gasteiger partial charge in [0, 0.05) is 24.8 Å². The lowest BCUT2D eigenvalue weighted by Crippen LogP contribution is -2.51. The molecule has 0 aromatic heterocycles. The number of nitrogens with zero attached hydrogens (tertiary/aromatic N) is 1. The fourth-order valence-electron chi connectivity index (χ4n) is 3.14. The number of anilines is 1. The molecule has 0 aliphatic carbocycles. The van der Waals surface area contributed by atoms with E-state index in [1.54, 1.807) is 0 Å². The van der Waals surface area contributed by atoms with Crippen LogP contribution < -0.4 is 10.6 Å². The number of ether oxygens (including phenoxy) is 1. The third-order valence-electron chi connectivity index (χ3n) is 4.81. The SMILES string of the molecule is CCc1ccc(NC(=O)C(C)N2CCC(NC(=O)OC(C)(C)C)CC2)cc1. The second-order valence-corrected chi connectivity index (χ2v) is 8.17. The summed E-state index contributed by atoms with van der Waals surface area (Å²) in [6.45, 7) is 11.1. The van der Waals surface area contributed by atoms with Crippen molar-refractivity contribution in [3.8, 4) is 0 Å². The topological polar surface area (TPSA) is 70.7 Å². The Labute approximate surface area is 162 Å². The van der Waals surface area contributed by atoms with Crippen LogP contribution in [0, 0.1) is 0 Å². The normalized spacial score (nSPS) is 17.2. The minimum Gasteiger partial charge on any atom is -0.444 e. The van der Waals surface area contributed by atoms with Crippen molar-refractivity contribution in [2.75, 3.05) is 18.4 Å². The van der Waals surface area contributed by atoms with Gasteiger partial charge in [0.25, 0.3) is 0 Å². The van der Waals surface area contributed by atoms with E-state index in [9.17, 15) is 9.59 Å². The molecular formula is C21H33N3O3. The number of rotatable bonds is 5. The molecule has 2 amide bonds. The van der Waals surface area contributed by atoms with E-state index in [-0.39, 0.29) is 24.1 Å². The number of piperidine rings is 1. The van der Waals surface area contributed by atoms with Crippen LogP contribution in [0.3, 0.4) is 0 Å². The summed E-state index contributed by atoms with van der Waals surface area (Å²) in [7, 11) is 0. The lowest BCUT2D eigenvalue weighted by atomic mass is 10.0. The lowest BCUT2D eigenvalue weighted by Gasteiger charge is -2.35. The van der Waals surface area contributed by atoms with Crippen LogP contribution in [-0.2, 0) is 16.0 Å². The first-order valence-corrected chi connectivity index (χ1v) is 9.81. The molecule has 1 saturated heterocycles. The summed E-state index contributed by atoms with van der Waals surface area (Å²) in [6, 6.07) is 7.84. The summed E-state index contributed by atoms with van der Waals surface area (Å²) in [5, 5.41) is 5.92. The van der Waals surface area contributed by atoms with Crippen LogP contribution in [0.15, 0.2) is 24.3 Å². The van der Waals surface area contributed by atoms with E-state index < -0.39 is 5.60 Å². The summed E-state index contributed by atoms with van der Waals surface area (Å²) in [6.07, 6.45) is 2.23. The van der Waals surface area contributed by atoms with Gasteiger partial charge in [-0.15, -0.1) is 0 Å². The van der Waals surface area contributed by atoms with Crippen LogP contribution in [0.5, 0.6) is 0 Å². The molecule has 2 rings (SSSR count). The first kappa shape index (κ1) is 21.2. The summed E-state index contributed by atoms with van der Waals surface area (Å²) in [5.74, 6) is -0.00204. The van der Waals surface area contributed by atoms with Crippen molar-refractivity contribution >= 4 is 17.7 Å². The Hall–Kier alpha value is -2.08. The molecule has 1 fully saturated rings. The van der Waals surface area contributed by atoms with Gasteiger partial charge in [0.05, 0.1) is 6.04 Å². The van der Waals surface area contributed by atoms with E-state index in [0.29, 0.717) is 0 Å². The number of carbonyl (C=O) groups excluding carboxylic acids is 2. The lowest BCUT2D eigenvalue weighted by molar-refractivity contribution is -0.121. The van der Waals surface area contributed by atoms with Gasteiger partial charge in [0.1, 0.15) is 5.60 Å². The highest BCUT2D eigenvalue weighted by molar-refractivity contribution is 5.94. The predicted octanol–water partition coefficient (Wildman–Crippen LogP) is 3.57. The van der Waals surface area contributed by atoms with Gasteiger partial charge in [0.15, 0.2) is 0 Å². The van der Waals surface area contributed by atoms with E-state index in [0.717, 1.165) is 38.0 Å². The zero-order valence-electron chi connectivity index (χ0n) is 17.2. The van der Waals surface area contributed by atoms with Crippen molar-refractivity contribution in [2.45, 2.75) is 71.6 Å². The number of hydrogen-bond acceptors (Lipinski definition) is 4. The van der Waals surface area contributed by atoms with Gasteiger partial charge < -0.3 is 15.4 Å². The molecule has 1 aliphatic rings. The van der Waals surface area contributed by atoms with Gasteiger partial charge in [-0.2, -0.15) is 0 Å². The number of nitrogens with one attached hydrogen (secondary N) is 2. The van der Waals surface area contributed by atoms with E-state index >= 15 is 0 Å². The van der Waals surface area contributed by atoms with Crippen LogP contribution in [0.1, 0.15) is 53.0 Å². The minimum absolute atomic E-state index is 0.00204. The Kier molecular flexibility index (Phi) is 7.25. The fraction of sp³-hybridized carbons (Fsp3) is 0.619. The highest BCUT2D eigenvalue weighted by atomic mass is 16.6. The second kappa shape index (κ2) is 9.22. The Bertz CT molecular complexity index is 629. The predicted molar refractivity (Wildman–Crippen MR) is 108 cm³/mol. The maximum Gasteiger partial charge on any atom is 0.407 e. The molecule has 2 N–H and O–H groups in total. The second-order valence-electron chi connectivity index (χ2n) is 8.17. The van der Waals surface area contributed by atoms with E-state index in [1.807, 2.05) is 52.0 Å². The van der Waals surface area contributed by atoms with Gasteiger partial charge in [-0.25, -0.2) is 4.79 Å². The summed E-state index contributed by atoms with van der Waals surface area (Å²) in [4.78, 5) is 26.6. The van der Waals surface area contributed by atoms with Crippen LogP contribution in [0.2, 0.25) is 0 Å². The maximum absolute atomic E-state index is 12.5. The minimum atomic E-state index is -0.493. The molecule has 27 heavy (non-hydrogen) atoms. The smallest absolute Gasteiger partial charge is 0.407 e. The van der Waals surface area contributed by atoms with Crippen LogP contribution in [0.4, 0.5) is 10.5 Å². The molecule has 0 spiro atoms. The first-order valence-electron chi connectivity index (χ1n) is 9.81. The summed E-state index contributed by atoms with van der Waals surface area (Å²) < 4.78 is 5.31. The molecule has 0 saturated carbocycles. The quantitative estimate of drug-likeness (QED) is 0.825.